The monoisotopic (exact) mass is 323 g/mol. The summed E-state index contributed by atoms with van der Waals surface area (Å²) >= 11 is 0. The van der Waals surface area contributed by atoms with E-state index in [1.165, 1.54) is 4.90 Å². The smallest absolute Gasteiger partial charge is 0.326 e. The van der Waals surface area contributed by atoms with Crippen LogP contribution in [0, 0.1) is 0 Å². The van der Waals surface area contributed by atoms with Gasteiger partial charge in [-0.3, -0.25) is 4.79 Å². The Balaban J connectivity index is 1.92. The van der Waals surface area contributed by atoms with Crippen molar-refractivity contribution in [1.82, 2.24) is 4.90 Å². The summed E-state index contributed by atoms with van der Waals surface area (Å²) in [6.07, 6.45) is 2.09. The van der Waals surface area contributed by atoms with Crippen molar-refractivity contribution in [3.63, 3.8) is 0 Å². The predicted octanol–water partition coefficient (Wildman–Crippen LogP) is 3.61. The normalized spacial score (nSPS) is 17.0. The third kappa shape index (κ3) is 3.04. The van der Waals surface area contributed by atoms with E-state index in [9.17, 15) is 14.7 Å². The third-order valence-electron chi connectivity index (χ3n) is 4.62. The van der Waals surface area contributed by atoms with Crippen molar-refractivity contribution in [2.75, 3.05) is 6.54 Å². The number of likely N-dealkylation sites (tertiary alicyclic amines) is 1. The van der Waals surface area contributed by atoms with Gasteiger partial charge in [-0.15, -0.1) is 0 Å². The summed E-state index contributed by atoms with van der Waals surface area (Å²) in [5.74, 6) is -1.10. The SMILES string of the molecule is CCc1cc(C(=O)N2CCCC2C(=O)O)ccc1-c1ccccc1. The average molecular weight is 323 g/mol. The molecule has 124 valence electrons. The van der Waals surface area contributed by atoms with Crippen molar-refractivity contribution in [1.29, 1.82) is 0 Å². The molecule has 0 aromatic heterocycles. The second-order valence-corrected chi connectivity index (χ2v) is 6.09. The van der Waals surface area contributed by atoms with E-state index in [4.69, 9.17) is 0 Å². The zero-order valence-electron chi connectivity index (χ0n) is 13.7. The lowest BCUT2D eigenvalue weighted by Crippen LogP contribution is -2.40. The second-order valence-electron chi connectivity index (χ2n) is 6.09. The summed E-state index contributed by atoms with van der Waals surface area (Å²) in [6.45, 7) is 2.57. The maximum absolute atomic E-state index is 12.7. The lowest BCUT2D eigenvalue weighted by Gasteiger charge is -2.22. The van der Waals surface area contributed by atoms with Gasteiger partial charge in [0.1, 0.15) is 6.04 Å². The fourth-order valence-electron chi connectivity index (χ4n) is 3.35. The molecule has 1 N–H and O–H groups in total. The fourth-order valence-corrected chi connectivity index (χ4v) is 3.35. The van der Waals surface area contributed by atoms with Crippen LogP contribution in [-0.2, 0) is 11.2 Å². The van der Waals surface area contributed by atoms with Crippen molar-refractivity contribution in [2.45, 2.75) is 32.2 Å². The first kappa shape index (κ1) is 16.2. The summed E-state index contributed by atoms with van der Waals surface area (Å²) in [4.78, 5) is 25.5. The van der Waals surface area contributed by atoms with E-state index in [-0.39, 0.29) is 5.91 Å². The molecule has 24 heavy (non-hydrogen) atoms. The first-order chi connectivity index (χ1) is 11.6. The zero-order valence-corrected chi connectivity index (χ0v) is 13.7. The van der Waals surface area contributed by atoms with E-state index in [1.807, 2.05) is 30.3 Å². The molecule has 0 bridgehead atoms. The van der Waals surface area contributed by atoms with Crippen LogP contribution in [0.4, 0.5) is 0 Å². The van der Waals surface area contributed by atoms with Gasteiger partial charge in [-0.2, -0.15) is 0 Å². The summed E-state index contributed by atoms with van der Waals surface area (Å²) < 4.78 is 0. The fraction of sp³-hybridized carbons (Fsp3) is 0.300. The summed E-state index contributed by atoms with van der Waals surface area (Å²) in [7, 11) is 0. The van der Waals surface area contributed by atoms with Gasteiger partial charge in [0.25, 0.3) is 5.91 Å². The molecule has 2 aromatic carbocycles. The molecule has 1 heterocycles. The molecule has 1 aliphatic rings. The summed E-state index contributed by atoms with van der Waals surface area (Å²) in [5.41, 5.74) is 3.90. The Morgan fingerprint density at radius 2 is 1.92 bits per heavy atom. The zero-order chi connectivity index (χ0) is 17.1. The van der Waals surface area contributed by atoms with E-state index in [2.05, 4.69) is 19.1 Å². The lowest BCUT2D eigenvalue weighted by atomic mass is 9.95. The molecule has 1 aliphatic heterocycles. The van der Waals surface area contributed by atoms with Crippen LogP contribution in [0.3, 0.4) is 0 Å². The number of carboxylic acid groups (broad SMARTS) is 1. The van der Waals surface area contributed by atoms with Crippen LogP contribution >= 0.6 is 0 Å². The number of aryl methyl sites for hydroxylation is 1. The number of hydrogen-bond donors (Lipinski definition) is 1. The molecule has 2 aromatic rings. The van der Waals surface area contributed by atoms with Crippen LogP contribution in [0.25, 0.3) is 11.1 Å². The number of benzene rings is 2. The molecule has 3 rings (SSSR count). The first-order valence-corrected chi connectivity index (χ1v) is 8.34. The Bertz CT molecular complexity index is 755. The highest BCUT2D eigenvalue weighted by atomic mass is 16.4. The summed E-state index contributed by atoms with van der Waals surface area (Å²) in [6, 6.07) is 15.1. The van der Waals surface area contributed by atoms with Crippen molar-refractivity contribution >= 4 is 11.9 Å². The highest BCUT2D eigenvalue weighted by Crippen LogP contribution is 2.27. The van der Waals surface area contributed by atoms with Gasteiger partial charge in [0.15, 0.2) is 0 Å². The van der Waals surface area contributed by atoms with E-state index >= 15 is 0 Å². The van der Waals surface area contributed by atoms with Gasteiger partial charge in [0.05, 0.1) is 0 Å². The highest BCUT2D eigenvalue weighted by molar-refractivity contribution is 5.97. The van der Waals surface area contributed by atoms with Crippen molar-refractivity contribution in [3.05, 3.63) is 59.7 Å². The Morgan fingerprint density at radius 1 is 1.17 bits per heavy atom. The van der Waals surface area contributed by atoms with Gasteiger partial charge in [0, 0.05) is 12.1 Å². The standard InChI is InChI=1S/C20H21NO3/c1-2-14-13-16(10-11-17(14)15-7-4-3-5-8-15)19(22)21-12-6-9-18(21)20(23)24/h3-5,7-8,10-11,13,18H,2,6,9,12H2,1H3,(H,23,24). The number of carboxylic acids is 1. The van der Waals surface area contributed by atoms with Crippen molar-refractivity contribution in [2.24, 2.45) is 0 Å². The minimum Gasteiger partial charge on any atom is -0.480 e. The van der Waals surface area contributed by atoms with E-state index in [0.29, 0.717) is 18.5 Å². The van der Waals surface area contributed by atoms with Crippen molar-refractivity contribution < 1.29 is 14.7 Å². The maximum Gasteiger partial charge on any atom is 0.326 e. The molecular formula is C20H21NO3. The molecule has 4 heteroatoms. The Morgan fingerprint density at radius 3 is 2.58 bits per heavy atom. The number of amides is 1. The van der Waals surface area contributed by atoms with Crippen LogP contribution in [0.2, 0.25) is 0 Å². The van der Waals surface area contributed by atoms with Gasteiger partial charge < -0.3 is 10.0 Å². The molecule has 0 saturated carbocycles. The van der Waals surface area contributed by atoms with E-state index in [1.54, 1.807) is 6.07 Å². The maximum atomic E-state index is 12.7. The van der Waals surface area contributed by atoms with Crippen LogP contribution in [0.5, 0.6) is 0 Å². The molecule has 0 spiro atoms. The lowest BCUT2D eigenvalue weighted by molar-refractivity contribution is -0.141. The number of nitrogens with zero attached hydrogens (tertiary/aromatic N) is 1. The van der Waals surface area contributed by atoms with Crippen molar-refractivity contribution in [3.8, 4) is 11.1 Å². The van der Waals surface area contributed by atoms with E-state index < -0.39 is 12.0 Å². The minimum absolute atomic E-state index is 0.186. The molecule has 0 aliphatic carbocycles. The molecule has 1 atom stereocenters. The van der Waals surface area contributed by atoms with Crippen LogP contribution in [0.1, 0.15) is 35.7 Å². The third-order valence-corrected chi connectivity index (χ3v) is 4.62. The van der Waals surface area contributed by atoms with Gasteiger partial charge >= 0.3 is 5.97 Å². The summed E-state index contributed by atoms with van der Waals surface area (Å²) in [5, 5.41) is 9.28. The van der Waals surface area contributed by atoms with Gasteiger partial charge in [-0.05, 0) is 48.1 Å². The predicted molar refractivity (Wildman–Crippen MR) is 93.0 cm³/mol. The molecule has 1 fully saturated rings. The number of hydrogen-bond acceptors (Lipinski definition) is 2. The highest BCUT2D eigenvalue weighted by Gasteiger charge is 2.34. The Labute approximate surface area is 141 Å². The van der Waals surface area contributed by atoms with Crippen LogP contribution < -0.4 is 0 Å². The van der Waals surface area contributed by atoms with Gasteiger partial charge in [0.2, 0.25) is 0 Å². The minimum atomic E-state index is -0.919. The quantitative estimate of drug-likeness (QED) is 0.935. The molecular weight excluding hydrogens is 302 g/mol. The van der Waals surface area contributed by atoms with Crippen LogP contribution in [0.15, 0.2) is 48.5 Å². The largest absolute Gasteiger partial charge is 0.480 e. The number of rotatable bonds is 4. The van der Waals surface area contributed by atoms with Gasteiger partial charge in [-0.1, -0.05) is 43.3 Å². The van der Waals surface area contributed by atoms with Gasteiger partial charge in [-0.25, -0.2) is 4.79 Å². The number of aliphatic carboxylic acids is 1. The number of carbonyl (C=O) groups is 2. The molecule has 0 radical (unpaired) electrons. The van der Waals surface area contributed by atoms with Crippen LogP contribution in [-0.4, -0.2) is 34.5 Å². The topological polar surface area (TPSA) is 57.6 Å². The number of carbonyl (C=O) groups excluding carboxylic acids is 1. The second kappa shape index (κ2) is 6.87. The Hall–Kier alpha value is -2.62. The first-order valence-electron chi connectivity index (χ1n) is 8.34. The molecule has 1 unspecified atom stereocenters. The Kier molecular flexibility index (Phi) is 4.65. The molecule has 1 saturated heterocycles. The van der Waals surface area contributed by atoms with E-state index in [0.717, 1.165) is 29.5 Å². The molecule has 1 amide bonds. The molecule has 4 nitrogen and oxygen atoms in total. The average Bonchev–Trinajstić information content (AvgIpc) is 3.11.